The molecule has 0 radical (unpaired) electrons. The van der Waals surface area contributed by atoms with E-state index >= 15 is 0 Å². The molecule has 132 valence electrons. The average molecular weight is 385 g/mol. The van der Waals surface area contributed by atoms with Gasteiger partial charge in [-0.25, -0.2) is 4.79 Å². The molecule has 1 fully saturated rings. The van der Waals surface area contributed by atoms with Crippen molar-refractivity contribution in [2.75, 3.05) is 31.2 Å². The summed E-state index contributed by atoms with van der Waals surface area (Å²) in [6.45, 7) is 2.21. The summed E-state index contributed by atoms with van der Waals surface area (Å²) in [5.74, 6) is -0.814. The number of hydrogen-bond acceptors (Lipinski definition) is 9. The van der Waals surface area contributed by atoms with Crippen LogP contribution in [0.5, 0.6) is 0 Å². The van der Waals surface area contributed by atoms with Gasteiger partial charge < -0.3 is 14.4 Å². The molecule has 0 unspecified atom stereocenters. The van der Waals surface area contributed by atoms with Gasteiger partial charge >= 0.3 is 5.97 Å². The fourth-order valence-electron chi connectivity index (χ4n) is 2.36. The highest BCUT2D eigenvalue weighted by Gasteiger charge is 2.24. The largest absolute Gasteiger partial charge is 0.455 e. The number of nitrogens with zero attached hydrogens (tertiary/aromatic N) is 4. The normalized spacial score (nSPS) is 14.4. The van der Waals surface area contributed by atoms with Crippen molar-refractivity contribution in [2.24, 2.45) is 0 Å². The predicted molar refractivity (Wildman–Crippen MR) is 90.2 cm³/mol. The minimum absolute atomic E-state index is 0.117. The zero-order valence-electron chi connectivity index (χ0n) is 12.9. The molecule has 25 heavy (non-hydrogen) atoms. The topological polar surface area (TPSA) is 108 Å². The molecule has 0 saturated carbocycles. The van der Waals surface area contributed by atoms with Gasteiger partial charge in [-0.2, -0.15) is 0 Å². The Hall–Kier alpha value is -2.30. The Morgan fingerprint density at radius 1 is 1.44 bits per heavy atom. The van der Waals surface area contributed by atoms with Gasteiger partial charge in [-0.1, -0.05) is 16.1 Å². The van der Waals surface area contributed by atoms with Gasteiger partial charge in [0, 0.05) is 36.4 Å². The summed E-state index contributed by atoms with van der Waals surface area (Å²) in [5.41, 5.74) is 0.582. The number of morpholine rings is 1. The van der Waals surface area contributed by atoms with Crippen LogP contribution in [-0.4, -0.2) is 46.8 Å². The van der Waals surface area contributed by atoms with Gasteiger partial charge in [-0.3, -0.25) is 10.1 Å². The fraction of sp³-hybridized carbons (Fsp3) is 0.357. The summed E-state index contributed by atoms with van der Waals surface area (Å²) < 4.78 is 14.4. The number of halogens is 1. The minimum Gasteiger partial charge on any atom is -0.455 e. The van der Waals surface area contributed by atoms with Crippen molar-refractivity contribution in [1.82, 2.24) is 9.59 Å². The second-order valence-corrected chi connectivity index (χ2v) is 6.48. The van der Waals surface area contributed by atoms with E-state index in [1.807, 2.05) is 4.90 Å². The summed E-state index contributed by atoms with van der Waals surface area (Å²) in [6.07, 6.45) is 0. The first-order valence-electron chi connectivity index (χ1n) is 7.31. The third-order valence-electron chi connectivity index (χ3n) is 3.62. The Balaban J connectivity index is 1.82. The van der Waals surface area contributed by atoms with Crippen LogP contribution < -0.4 is 4.90 Å². The smallest absolute Gasteiger partial charge is 0.345 e. The first-order chi connectivity index (χ1) is 12.1. The molecule has 2 heterocycles. The number of esters is 1. The highest BCUT2D eigenvalue weighted by Crippen LogP contribution is 2.27. The van der Waals surface area contributed by atoms with E-state index in [-0.39, 0.29) is 17.9 Å². The van der Waals surface area contributed by atoms with E-state index in [0.717, 1.165) is 11.5 Å². The average Bonchev–Trinajstić information content (AvgIpc) is 3.04. The molecule has 1 aliphatic rings. The molecule has 0 aliphatic carbocycles. The van der Waals surface area contributed by atoms with Crippen LogP contribution in [0.25, 0.3) is 0 Å². The molecule has 1 aromatic heterocycles. The molecule has 11 heteroatoms. The number of carbonyl (C=O) groups excluding carboxylic acids is 1. The van der Waals surface area contributed by atoms with Crippen molar-refractivity contribution < 1.29 is 19.2 Å². The first kappa shape index (κ1) is 17.5. The third kappa shape index (κ3) is 4.03. The lowest BCUT2D eigenvalue weighted by Gasteiger charge is -2.29. The van der Waals surface area contributed by atoms with E-state index in [4.69, 9.17) is 21.1 Å². The quantitative estimate of drug-likeness (QED) is 0.439. The van der Waals surface area contributed by atoms with E-state index in [9.17, 15) is 14.9 Å². The molecule has 1 saturated heterocycles. The summed E-state index contributed by atoms with van der Waals surface area (Å²) in [5, 5.41) is 15.0. The standard InChI is InChI=1S/C14H13ClN4O5S/c15-13-11(16-17-25-13)8-24-14(20)10-7-9(1-2-12(10)19(21)22)18-3-5-23-6-4-18/h1-2,7H,3-6,8H2. The maximum atomic E-state index is 12.4. The van der Waals surface area contributed by atoms with Crippen molar-refractivity contribution in [3.8, 4) is 0 Å². The second-order valence-electron chi connectivity index (χ2n) is 5.13. The van der Waals surface area contributed by atoms with E-state index in [0.29, 0.717) is 42.0 Å². The van der Waals surface area contributed by atoms with Crippen LogP contribution in [0, 0.1) is 10.1 Å². The number of nitro groups is 1. The van der Waals surface area contributed by atoms with Crippen LogP contribution in [0.2, 0.25) is 4.34 Å². The number of benzene rings is 1. The van der Waals surface area contributed by atoms with Crippen molar-refractivity contribution >= 4 is 40.5 Å². The van der Waals surface area contributed by atoms with Gasteiger partial charge in [-0.15, -0.1) is 5.10 Å². The summed E-state index contributed by atoms with van der Waals surface area (Å²) >= 11 is 6.82. The second kappa shape index (κ2) is 7.72. The SMILES string of the molecule is O=C(OCc1nnsc1Cl)c1cc(N2CCOCC2)ccc1[N+](=O)[O-]. The van der Waals surface area contributed by atoms with Crippen molar-refractivity contribution in [3.63, 3.8) is 0 Å². The lowest BCUT2D eigenvalue weighted by Crippen LogP contribution is -2.36. The molecule has 0 bridgehead atoms. The first-order valence-corrected chi connectivity index (χ1v) is 8.46. The molecule has 1 aliphatic heterocycles. The molecule has 0 N–H and O–H groups in total. The van der Waals surface area contributed by atoms with Crippen molar-refractivity contribution in [1.29, 1.82) is 0 Å². The Bertz CT molecular complexity index is 793. The number of anilines is 1. The number of hydrogen-bond donors (Lipinski definition) is 0. The van der Waals surface area contributed by atoms with Gasteiger partial charge in [0.05, 0.1) is 18.1 Å². The number of carbonyl (C=O) groups is 1. The lowest BCUT2D eigenvalue weighted by molar-refractivity contribution is -0.385. The van der Waals surface area contributed by atoms with Crippen LogP contribution in [0.4, 0.5) is 11.4 Å². The minimum atomic E-state index is -0.814. The molecule has 0 spiro atoms. The molecular formula is C14H13ClN4O5S. The molecule has 3 rings (SSSR count). The predicted octanol–water partition coefficient (Wildman–Crippen LogP) is 2.29. The molecule has 2 aromatic rings. The number of ether oxygens (including phenoxy) is 2. The Morgan fingerprint density at radius 3 is 2.84 bits per heavy atom. The van der Waals surface area contributed by atoms with Gasteiger partial charge in [0.2, 0.25) is 0 Å². The van der Waals surface area contributed by atoms with Crippen LogP contribution in [0.15, 0.2) is 18.2 Å². The van der Waals surface area contributed by atoms with Gasteiger partial charge in [0.15, 0.2) is 0 Å². The molecule has 1 aromatic carbocycles. The van der Waals surface area contributed by atoms with Gasteiger partial charge in [-0.05, 0) is 12.1 Å². The van der Waals surface area contributed by atoms with Crippen LogP contribution >= 0.6 is 23.1 Å². The van der Waals surface area contributed by atoms with Gasteiger partial charge in [0.1, 0.15) is 22.2 Å². The number of rotatable bonds is 5. The highest BCUT2D eigenvalue weighted by atomic mass is 35.5. The van der Waals surface area contributed by atoms with E-state index in [1.54, 1.807) is 6.07 Å². The summed E-state index contributed by atoms with van der Waals surface area (Å²) in [7, 11) is 0. The highest BCUT2D eigenvalue weighted by molar-refractivity contribution is 7.10. The maximum Gasteiger partial charge on any atom is 0.345 e. The summed E-state index contributed by atoms with van der Waals surface area (Å²) in [6, 6.07) is 4.38. The monoisotopic (exact) mass is 384 g/mol. The zero-order valence-corrected chi connectivity index (χ0v) is 14.5. The van der Waals surface area contributed by atoms with Crippen molar-refractivity contribution in [3.05, 3.63) is 43.9 Å². The van der Waals surface area contributed by atoms with Gasteiger partial charge in [0.25, 0.3) is 5.69 Å². The molecular weight excluding hydrogens is 372 g/mol. The van der Waals surface area contributed by atoms with Crippen LogP contribution in [-0.2, 0) is 16.1 Å². The van der Waals surface area contributed by atoms with Crippen LogP contribution in [0.1, 0.15) is 16.1 Å². The number of aromatic nitrogens is 2. The van der Waals surface area contributed by atoms with E-state index < -0.39 is 10.9 Å². The fourth-order valence-corrected chi connectivity index (χ4v) is 2.96. The Kier molecular flexibility index (Phi) is 5.41. The molecule has 9 nitrogen and oxygen atoms in total. The van der Waals surface area contributed by atoms with Crippen LogP contribution in [0.3, 0.4) is 0 Å². The summed E-state index contributed by atoms with van der Waals surface area (Å²) in [4.78, 5) is 25.0. The zero-order chi connectivity index (χ0) is 17.8. The lowest BCUT2D eigenvalue weighted by atomic mass is 10.1. The number of nitro benzene ring substituents is 1. The Labute approximate surface area is 151 Å². The van der Waals surface area contributed by atoms with E-state index in [1.165, 1.54) is 12.1 Å². The van der Waals surface area contributed by atoms with E-state index in [2.05, 4.69) is 9.59 Å². The third-order valence-corrected chi connectivity index (χ3v) is 4.61. The maximum absolute atomic E-state index is 12.4. The van der Waals surface area contributed by atoms with Crippen molar-refractivity contribution in [2.45, 2.75) is 6.61 Å². The molecule has 0 atom stereocenters. The Morgan fingerprint density at radius 2 is 2.20 bits per heavy atom. The molecule has 0 amide bonds.